The molecule has 25 heavy (non-hydrogen) atoms. The lowest BCUT2D eigenvalue weighted by atomic mass is 10.2. The van der Waals surface area contributed by atoms with Crippen molar-refractivity contribution in [1.29, 1.82) is 0 Å². The molecule has 0 aliphatic rings. The molecule has 0 N–H and O–H groups in total. The molecule has 0 amide bonds. The van der Waals surface area contributed by atoms with Crippen LogP contribution in [-0.4, -0.2) is 13.2 Å². The van der Waals surface area contributed by atoms with Crippen LogP contribution < -0.4 is 9.47 Å². The van der Waals surface area contributed by atoms with Crippen molar-refractivity contribution in [1.82, 2.24) is 0 Å². The highest BCUT2D eigenvalue weighted by molar-refractivity contribution is 5.34. The quantitative estimate of drug-likeness (QED) is 0.591. The van der Waals surface area contributed by atoms with Gasteiger partial charge in [0, 0.05) is 6.07 Å². The average molecular weight is 356 g/mol. The normalized spacial score (nSPS) is 9.32. The third-order valence-electron chi connectivity index (χ3n) is 2.92. The number of halogens is 3. The lowest BCUT2D eigenvalue weighted by Crippen LogP contribution is -2.11. The summed E-state index contributed by atoms with van der Waals surface area (Å²) in [6, 6.07) is 6.15. The van der Waals surface area contributed by atoms with Gasteiger partial charge in [0.25, 0.3) is 0 Å². The highest BCUT2D eigenvalue weighted by Crippen LogP contribution is 2.23. The fourth-order valence-corrected chi connectivity index (χ4v) is 1.94. The Labute approximate surface area is 148 Å². The average Bonchev–Trinajstić information content (AvgIpc) is 2.58. The van der Waals surface area contributed by atoms with Crippen LogP contribution in [0.15, 0.2) is 30.3 Å². The highest BCUT2D eigenvalue weighted by Gasteiger charge is 2.10. The zero-order valence-corrected chi connectivity index (χ0v) is 15.8. The van der Waals surface area contributed by atoms with Gasteiger partial charge < -0.3 is 9.47 Å². The van der Waals surface area contributed by atoms with Gasteiger partial charge in [0.1, 0.15) is 30.6 Å². The lowest BCUT2D eigenvalue weighted by Gasteiger charge is -2.12. The van der Waals surface area contributed by atoms with Crippen LogP contribution in [0.5, 0.6) is 11.5 Å². The molecule has 0 saturated heterocycles. The van der Waals surface area contributed by atoms with Gasteiger partial charge in [-0.25, -0.2) is 13.2 Å². The number of aryl methyl sites for hydroxylation is 2. The molecule has 2 rings (SSSR count). The second-order valence-electron chi connectivity index (χ2n) is 4.64. The number of benzene rings is 2. The summed E-state index contributed by atoms with van der Waals surface area (Å²) in [4.78, 5) is 0. The van der Waals surface area contributed by atoms with Crippen molar-refractivity contribution in [2.24, 2.45) is 0 Å². The van der Waals surface area contributed by atoms with E-state index in [-0.39, 0.29) is 24.8 Å². The number of ether oxygens (including phenoxy) is 2. The van der Waals surface area contributed by atoms with E-state index in [9.17, 15) is 13.2 Å². The molecular weight excluding hydrogens is 329 g/mol. The molecule has 0 atom stereocenters. The van der Waals surface area contributed by atoms with E-state index in [2.05, 4.69) is 0 Å². The highest BCUT2D eigenvalue weighted by atomic mass is 19.1. The van der Waals surface area contributed by atoms with E-state index in [1.54, 1.807) is 13.8 Å². The first-order valence-corrected chi connectivity index (χ1v) is 8.45. The molecule has 2 aromatic rings. The van der Waals surface area contributed by atoms with Crippen molar-refractivity contribution in [3.8, 4) is 11.5 Å². The molecular formula is C20H27F3O2. The molecule has 0 radical (unpaired) electrons. The molecule has 5 heteroatoms. The van der Waals surface area contributed by atoms with E-state index < -0.39 is 11.6 Å². The van der Waals surface area contributed by atoms with Crippen molar-refractivity contribution in [2.75, 3.05) is 13.2 Å². The van der Waals surface area contributed by atoms with Crippen molar-refractivity contribution >= 4 is 0 Å². The topological polar surface area (TPSA) is 18.5 Å². The van der Waals surface area contributed by atoms with E-state index in [1.807, 2.05) is 27.7 Å². The molecule has 0 aromatic heterocycles. The summed E-state index contributed by atoms with van der Waals surface area (Å²) in [6.45, 7) is 11.6. The maximum Gasteiger partial charge on any atom is 0.168 e. The first-order chi connectivity index (χ1) is 12.0. The second-order valence-corrected chi connectivity index (χ2v) is 4.64. The summed E-state index contributed by atoms with van der Waals surface area (Å²) in [5.41, 5.74) is 1.05. The van der Waals surface area contributed by atoms with Crippen LogP contribution in [0.3, 0.4) is 0 Å². The number of rotatable bonds is 5. The molecule has 0 saturated carbocycles. The SMILES string of the molecule is CC.CC.Cc1cc(F)ccc1OCCOc1c(C)cc(F)cc1F. The Morgan fingerprint density at radius 2 is 1.28 bits per heavy atom. The van der Waals surface area contributed by atoms with E-state index in [4.69, 9.17) is 9.47 Å². The second kappa shape index (κ2) is 12.2. The largest absolute Gasteiger partial charge is 0.490 e. The minimum Gasteiger partial charge on any atom is -0.490 e. The van der Waals surface area contributed by atoms with E-state index >= 15 is 0 Å². The van der Waals surface area contributed by atoms with Crippen LogP contribution >= 0.6 is 0 Å². The van der Waals surface area contributed by atoms with Crippen molar-refractivity contribution in [2.45, 2.75) is 41.5 Å². The maximum atomic E-state index is 13.5. The predicted molar refractivity (Wildman–Crippen MR) is 95.9 cm³/mol. The summed E-state index contributed by atoms with van der Waals surface area (Å²) in [5, 5.41) is 0. The molecule has 0 spiro atoms. The van der Waals surface area contributed by atoms with Gasteiger partial charge in [0.15, 0.2) is 11.6 Å². The van der Waals surface area contributed by atoms with Crippen molar-refractivity contribution in [3.05, 3.63) is 58.9 Å². The Hall–Kier alpha value is -2.17. The molecule has 0 aliphatic heterocycles. The summed E-state index contributed by atoms with van der Waals surface area (Å²) in [7, 11) is 0. The number of hydrogen-bond acceptors (Lipinski definition) is 2. The van der Waals surface area contributed by atoms with Gasteiger partial charge in [-0.15, -0.1) is 0 Å². The molecule has 2 aromatic carbocycles. The zero-order chi connectivity index (χ0) is 19.4. The Bertz CT molecular complexity index is 620. The van der Waals surface area contributed by atoms with E-state index in [0.717, 1.165) is 6.07 Å². The fraction of sp³-hybridized carbons (Fsp3) is 0.400. The summed E-state index contributed by atoms with van der Waals surface area (Å²) < 4.78 is 50.1. The van der Waals surface area contributed by atoms with Crippen LogP contribution in [-0.2, 0) is 0 Å². The van der Waals surface area contributed by atoms with Crippen LogP contribution in [0.4, 0.5) is 13.2 Å². The van der Waals surface area contributed by atoms with Gasteiger partial charge in [-0.1, -0.05) is 27.7 Å². The first-order valence-electron chi connectivity index (χ1n) is 8.45. The third-order valence-corrected chi connectivity index (χ3v) is 2.92. The number of hydrogen-bond donors (Lipinski definition) is 0. The fourth-order valence-electron chi connectivity index (χ4n) is 1.94. The lowest BCUT2D eigenvalue weighted by molar-refractivity contribution is 0.209. The molecule has 0 unspecified atom stereocenters. The smallest absolute Gasteiger partial charge is 0.168 e. The Morgan fingerprint density at radius 1 is 0.720 bits per heavy atom. The van der Waals surface area contributed by atoms with Gasteiger partial charge in [0.05, 0.1) is 0 Å². The van der Waals surface area contributed by atoms with Crippen LogP contribution in [0.1, 0.15) is 38.8 Å². The minimum atomic E-state index is -0.745. The Morgan fingerprint density at radius 3 is 1.84 bits per heavy atom. The van der Waals surface area contributed by atoms with Gasteiger partial charge in [-0.3, -0.25) is 0 Å². The maximum absolute atomic E-state index is 13.5. The van der Waals surface area contributed by atoms with E-state index in [1.165, 1.54) is 24.3 Å². The minimum absolute atomic E-state index is 0.0100. The Balaban J connectivity index is 0.00000134. The van der Waals surface area contributed by atoms with Gasteiger partial charge in [-0.2, -0.15) is 0 Å². The van der Waals surface area contributed by atoms with Crippen LogP contribution in [0.2, 0.25) is 0 Å². The summed E-state index contributed by atoms with van der Waals surface area (Å²) in [6.07, 6.45) is 0. The summed E-state index contributed by atoms with van der Waals surface area (Å²) in [5.74, 6) is -1.17. The molecule has 2 nitrogen and oxygen atoms in total. The standard InChI is InChI=1S/C16H15F3O2.2C2H6/c1-10-7-12(17)3-4-15(10)20-5-6-21-16-11(2)8-13(18)9-14(16)19;2*1-2/h3-4,7-9H,5-6H2,1-2H3;2*1-2H3. The van der Waals surface area contributed by atoms with Crippen LogP contribution in [0, 0.1) is 31.3 Å². The van der Waals surface area contributed by atoms with Gasteiger partial charge >= 0.3 is 0 Å². The molecule has 140 valence electrons. The summed E-state index contributed by atoms with van der Waals surface area (Å²) >= 11 is 0. The third kappa shape index (κ3) is 7.50. The van der Waals surface area contributed by atoms with Crippen molar-refractivity contribution in [3.63, 3.8) is 0 Å². The molecule has 0 heterocycles. The molecule has 0 bridgehead atoms. The zero-order valence-electron chi connectivity index (χ0n) is 15.8. The van der Waals surface area contributed by atoms with Crippen LogP contribution in [0.25, 0.3) is 0 Å². The first kappa shape index (κ1) is 22.8. The molecule has 0 aliphatic carbocycles. The molecule has 0 fully saturated rings. The predicted octanol–water partition coefficient (Wildman–Crippen LogP) is 6.23. The Kier molecular flexibility index (Phi) is 11.2. The van der Waals surface area contributed by atoms with Crippen molar-refractivity contribution < 1.29 is 22.6 Å². The monoisotopic (exact) mass is 356 g/mol. The van der Waals surface area contributed by atoms with Gasteiger partial charge in [-0.05, 0) is 49.2 Å². The van der Waals surface area contributed by atoms with E-state index in [0.29, 0.717) is 16.9 Å². The van der Waals surface area contributed by atoms with Gasteiger partial charge in [0.2, 0.25) is 0 Å².